The molecule has 2 rings (SSSR count). The lowest BCUT2D eigenvalue weighted by Crippen LogP contribution is -2.43. The van der Waals surface area contributed by atoms with Gasteiger partial charge in [0.05, 0.1) is 5.54 Å². The van der Waals surface area contributed by atoms with Gasteiger partial charge in [-0.1, -0.05) is 41.9 Å². The minimum absolute atomic E-state index is 0.238. The van der Waals surface area contributed by atoms with Crippen molar-refractivity contribution in [2.75, 3.05) is 5.32 Å². The molecule has 0 aliphatic rings. The SMILES string of the molecule is CC(C)(NC(=S)Nc1ccc(Cl)cc1)c1ccccc1. The number of rotatable bonds is 3. The number of halogens is 1. The molecule has 0 spiro atoms. The van der Waals surface area contributed by atoms with E-state index in [1.54, 1.807) is 0 Å². The molecule has 104 valence electrons. The van der Waals surface area contributed by atoms with Crippen molar-refractivity contribution in [1.29, 1.82) is 0 Å². The van der Waals surface area contributed by atoms with Crippen LogP contribution in [0.4, 0.5) is 5.69 Å². The zero-order valence-corrected chi connectivity index (χ0v) is 13.1. The molecule has 0 unspecified atom stereocenters. The molecule has 0 atom stereocenters. The highest BCUT2D eigenvalue weighted by molar-refractivity contribution is 7.80. The van der Waals surface area contributed by atoms with E-state index in [2.05, 4.69) is 36.6 Å². The molecule has 0 fully saturated rings. The summed E-state index contributed by atoms with van der Waals surface area (Å²) in [7, 11) is 0. The minimum Gasteiger partial charge on any atom is -0.353 e. The van der Waals surface area contributed by atoms with Crippen molar-refractivity contribution in [3.05, 3.63) is 65.2 Å². The topological polar surface area (TPSA) is 24.1 Å². The fraction of sp³-hybridized carbons (Fsp3) is 0.188. The maximum Gasteiger partial charge on any atom is 0.171 e. The molecule has 0 aliphatic carbocycles. The Morgan fingerprint density at radius 2 is 1.60 bits per heavy atom. The predicted octanol–water partition coefficient (Wildman–Crippen LogP) is 4.56. The van der Waals surface area contributed by atoms with Gasteiger partial charge in [0.15, 0.2) is 5.11 Å². The van der Waals surface area contributed by atoms with Gasteiger partial charge in [-0.2, -0.15) is 0 Å². The van der Waals surface area contributed by atoms with E-state index >= 15 is 0 Å². The Labute approximate surface area is 130 Å². The monoisotopic (exact) mass is 304 g/mol. The molecule has 0 heterocycles. The van der Waals surface area contributed by atoms with E-state index in [0.717, 1.165) is 5.69 Å². The van der Waals surface area contributed by atoms with Crippen LogP contribution in [-0.4, -0.2) is 5.11 Å². The van der Waals surface area contributed by atoms with E-state index in [-0.39, 0.29) is 5.54 Å². The first kappa shape index (κ1) is 14.8. The van der Waals surface area contributed by atoms with Gasteiger partial charge in [0.2, 0.25) is 0 Å². The lowest BCUT2D eigenvalue weighted by molar-refractivity contribution is 0.489. The van der Waals surface area contributed by atoms with Crippen molar-refractivity contribution in [3.63, 3.8) is 0 Å². The normalized spacial score (nSPS) is 10.9. The van der Waals surface area contributed by atoms with Crippen LogP contribution in [0.15, 0.2) is 54.6 Å². The number of thiocarbonyl (C=S) groups is 1. The lowest BCUT2D eigenvalue weighted by atomic mass is 9.95. The second-order valence-corrected chi connectivity index (χ2v) is 5.92. The Balaban J connectivity index is 2.02. The van der Waals surface area contributed by atoms with Gasteiger partial charge in [-0.15, -0.1) is 0 Å². The summed E-state index contributed by atoms with van der Waals surface area (Å²) in [6.45, 7) is 4.19. The number of benzene rings is 2. The van der Waals surface area contributed by atoms with E-state index in [1.165, 1.54) is 5.56 Å². The van der Waals surface area contributed by atoms with Crippen molar-refractivity contribution < 1.29 is 0 Å². The highest BCUT2D eigenvalue weighted by atomic mass is 35.5. The highest BCUT2D eigenvalue weighted by Crippen LogP contribution is 2.20. The van der Waals surface area contributed by atoms with Crippen LogP contribution in [0, 0.1) is 0 Å². The molecule has 0 amide bonds. The maximum absolute atomic E-state index is 5.86. The molecule has 0 aliphatic heterocycles. The Morgan fingerprint density at radius 3 is 2.20 bits per heavy atom. The van der Waals surface area contributed by atoms with Crippen molar-refractivity contribution in [3.8, 4) is 0 Å². The average molecular weight is 305 g/mol. The van der Waals surface area contributed by atoms with Crippen LogP contribution in [0.5, 0.6) is 0 Å². The van der Waals surface area contributed by atoms with E-state index < -0.39 is 0 Å². The van der Waals surface area contributed by atoms with Crippen molar-refractivity contribution in [1.82, 2.24) is 5.32 Å². The molecule has 2 nitrogen and oxygen atoms in total. The summed E-state index contributed by atoms with van der Waals surface area (Å²) in [5.74, 6) is 0. The van der Waals surface area contributed by atoms with Crippen LogP contribution in [0.25, 0.3) is 0 Å². The van der Waals surface area contributed by atoms with E-state index in [1.807, 2.05) is 42.5 Å². The van der Waals surface area contributed by atoms with Gasteiger partial charge < -0.3 is 10.6 Å². The van der Waals surface area contributed by atoms with Crippen LogP contribution in [0.3, 0.4) is 0 Å². The Kier molecular flexibility index (Phi) is 4.63. The zero-order valence-electron chi connectivity index (χ0n) is 11.5. The van der Waals surface area contributed by atoms with Gasteiger partial charge in [0.25, 0.3) is 0 Å². The molecule has 20 heavy (non-hydrogen) atoms. The van der Waals surface area contributed by atoms with Crippen LogP contribution >= 0.6 is 23.8 Å². The molecule has 2 aromatic carbocycles. The molecule has 0 bridgehead atoms. The molecule has 0 saturated heterocycles. The van der Waals surface area contributed by atoms with E-state index in [0.29, 0.717) is 10.1 Å². The third kappa shape index (κ3) is 3.95. The molecule has 2 aromatic rings. The smallest absolute Gasteiger partial charge is 0.171 e. The molecular weight excluding hydrogens is 288 g/mol. The quantitative estimate of drug-likeness (QED) is 0.813. The van der Waals surface area contributed by atoms with Gasteiger partial charge in [0.1, 0.15) is 0 Å². The van der Waals surface area contributed by atoms with Crippen LogP contribution in [0.1, 0.15) is 19.4 Å². The zero-order chi connectivity index (χ0) is 14.6. The van der Waals surface area contributed by atoms with E-state index in [4.69, 9.17) is 23.8 Å². The molecule has 0 saturated carbocycles. The van der Waals surface area contributed by atoms with Crippen LogP contribution in [0.2, 0.25) is 5.02 Å². The first-order valence-corrected chi connectivity index (χ1v) is 7.16. The molecule has 0 radical (unpaired) electrons. The summed E-state index contributed by atoms with van der Waals surface area (Å²) in [6, 6.07) is 17.7. The van der Waals surface area contributed by atoms with Gasteiger partial charge in [-0.25, -0.2) is 0 Å². The fourth-order valence-electron chi connectivity index (χ4n) is 1.91. The van der Waals surface area contributed by atoms with Gasteiger partial charge in [-0.3, -0.25) is 0 Å². The number of nitrogens with one attached hydrogen (secondary N) is 2. The number of hydrogen-bond acceptors (Lipinski definition) is 1. The summed E-state index contributed by atoms with van der Waals surface area (Å²) in [4.78, 5) is 0. The molecular formula is C16H17ClN2S. The second-order valence-electron chi connectivity index (χ2n) is 5.08. The summed E-state index contributed by atoms with van der Waals surface area (Å²) in [5.41, 5.74) is 1.86. The maximum atomic E-state index is 5.86. The first-order valence-electron chi connectivity index (χ1n) is 6.38. The number of hydrogen-bond donors (Lipinski definition) is 2. The van der Waals surface area contributed by atoms with Gasteiger partial charge in [0, 0.05) is 10.7 Å². The fourth-order valence-corrected chi connectivity index (χ4v) is 2.41. The predicted molar refractivity (Wildman–Crippen MR) is 90.3 cm³/mol. The minimum atomic E-state index is -0.238. The third-order valence-electron chi connectivity index (χ3n) is 3.02. The molecule has 0 aromatic heterocycles. The van der Waals surface area contributed by atoms with Crippen LogP contribution < -0.4 is 10.6 Å². The second kappa shape index (κ2) is 6.25. The lowest BCUT2D eigenvalue weighted by Gasteiger charge is -2.28. The average Bonchev–Trinajstić information content (AvgIpc) is 2.42. The largest absolute Gasteiger partial charge is 0.353 e. The summed E-state index contributed by atoms with van der Waals surface area (Å²) in [5, 5.41) is 7.77. The van der Waals surface area contributed by atoms with Crippen molar-refractivity contribution >= 4 is 34.6 Å². The third-order valence-corrected chi connectivity index (χ3v) is 3.48. The summed E-state index contributed by atoms with van der Waals surface area (Å²) >= 11 is 11.2. The molecule has 2 N–H and O–H groups in total. The first-order chi connectivity index (χ1) is 9.47. The van der Waals surface area contributed by atoms with Gasteiger partial charge in [-0.05, 0) is 55.9 Å². The van der Waals surface area contributed by atoms with Crippen LogP contribution in [-0.2, 0) is 5.54 Å². The Hall–Kier alpha value is -1.58. The standard InChI is InChI=1S/C16H17ClN2S/c1-16(2,12-6-4-3-5-7-12)19-15(20)18-14-10-8-13(17)9-11-14/h3-11H,1-2H3,(H2,18,19,20). The Morgan fingerprint density at radius 1 is 1.00 bits per heavy atom. The van der Waals surface area contributed by atoms with Crippen molar-refractivity contribution in [2.24, 2.45) is 0 Å². The van der Waals surface area contributed by atoms with Crippen molar-refractivity contribution in [2.45, 2.75) is 19.4 Å². The Bertz CT molecular complexity index is 579. The van der Waals surface area contributed by atoms with Gasteiger partial charge >= 0.3 is 0 Å². The number of anilines is 1. The molecule has 4 heteroatoms. The highest BCUT2D eigenvalue weighted by Gasteiger charge is 2.20. The summed E-state index contributed by atoms with van der Waals surface area (Å²) in [6.07, 6.45) is 0. The van der Waals surface area contributed by atoms with E-state index in [9.17, 15) is 0 Å². The summed E-state index contributed by atoms with van der Waals surface area (Å²) < 4.78 is 0.